The maximum atomic E-state index is 12.5. The van der Waals surface area contributed by atoms with Crippen molar-refractivity contribution in [2.24, 2.45) is 0 Å². The molecular weight excluding hydrogens is 398 g/mol. The fourth-order valence-electron chi connectivity index (χ4n) is 2.93. The molecule has 0 saturated heterocycles. The Balaban J connectivity index is 1.60. The van der Waals surface area contributed by atoms with E-state index in [9.17, 15) is 9.59 Å². The molecule has 0 fully saturated rings. The number of carbonyl (C=O) groups is 2. The van der Waals surface area contributed by atoms with Gasteiger partial charge in [0.1, 0.15) is 12.3 Å². The van der Waals surface area contributed by atoms with Crippen molar-refractivity contribution in [2.75, 3.05) is 23.4 Å². The standard InChI is InChI=1S/C20H16ClN3O3S/c1-12-22-16(11-28-12)13-6-7-18-17(8-13)24(20(26)10-27-18)9-19(25)23-15-5-3-2-4-14(15)21/h2-8,11H,9-10H2,1H3,(H,23,25). The van der Waals surface area contributed by atoms with E-state index in [2.05, 4.69) is 10.3 Å². The van der Waals surface area contributed by atoms with Gasteiger partial charge in [-0.05, 0) is 37.3 Å². The molecular formula is C20H16ClN3O3S. The molecule has 1 aliphatic heterocycles. The first-order chi connectivity index (χ1) is 13.5. The predicted octanol–water partition coefficient (Wildman–Crippen LogP) is 4.14. The van der Waals surface area contributed by atoms with E-state index in [1.165, 1.54) is 4.90 Å². The SMILES string of the molecule is Cc1nc(-c2ccc3c(c2)N(CC(=O)Nc2ccccc2Cl)C(=O)CO3)cs1. The molecule has 142 valence electrons. The number of amides is 2. The van der Waals surface area contributed by atoms with Crippen LogP contribution in [0.1, 0.15) is 5.01 Å². The van der Waals surface area contributed by atoms with Crippen molar-refractivity contribution in [3.8, 4) is 17.0 Å². The summed E-state index contributed by atoms with van der Waals surface area (Å²) in [5.41, 5.74) is 2.73. The Hall–Kier alpha value is -2.90. The van der Waals surface area contributed by atoms with Gasteiger partial charge in [-0.25, -0.2) is 4.98 Å². The molecule has 1 N–H and O–H groups in total. The van der Waals surface area contributed by atoms with Crippen molar-refractivity contribution < 1.29 is 14.3 Å². The number of aromatic nitrogens is 1. The Morgan fingerprint density at radius 3 is 2.89 bits per heavy atom. The van der Waals surface area contributed by atoms with E-state index in [1.54, 1.807) is 41.7 Å². The van der Waals surface area contributed by atoms with Crippen molar-refractivity contribution in [3.63, 3.8) is 0 Å². The molecule has 0 radical (unpaired) electrons. The second kappa shape index (κ2) is 7.61. The number of halogens is 1. The Kier molecular flexibility index (Phi) is 5.02. The van der Waals surface area contributed by atoms with E-state index >= 15 is 0 Å². The summed E-state index contributed by atoms with van der Waals surface area (Å²) in [6.07, 6.45) is 0. The van der Waals surface area contributed by atoms with Crippen LogP contribution in [0.3, 0.4) is 0 Å². The number of benzene rings is 2. The number of hydrogen-bond donors (Lipinski definition) is 1. The molecule has 0 saturated carbocycles. The summed E-state index contributed by atoms with van der Waals surface area (Å²) >= 11 is 7.64. The Bertz CT molecular complexity index is 1070. The Morgan fingerprint density at radius 1 is 1.32 bits per heavy atom. The zero-order valence-electron chi connectivity index (χ0n) is 14.9. The normalized spacial score (nSPS) is 13.1. The first-order valence-electron chi connectivity index (χ1n) is 8.55. The lowest BCUT2D eigenvalue weighted by Gasteiger charge is -2.29. The van der Waals surface area contributed by atoms with Crippen LogP contribution in [-0.4, -0.2) is 29.9 Å². The number of rotatable bonds is 4. The van der Waals surface area contributed by atoms with Gasteiger partial charge in [-0.3, -0.25) is 14.5 Å². The summed E-state index contributed by atoms with van der Waals surface area (Å²) in [7, 11) is 0. The van der Waals surface area contributed by atoms with Crippen molar-refractivity contribution in [1.29, 1.82) is 0 Å². The number of thiazole rings is 1. The van der Waals surface area contributed by atoms with Crippen LogP contribution in [0.25, 0.3) is 11.3 Å². The maximum absolute atomic E-state index is 12.5. The van der Waals surface area contributed by atoms with Crippen molar-refractivity contribution >= 4 is 46.1 Å². The molecule has 0 spiro atoms. The molecule has 0 bridgehead atoms. The van der Waals surface area contributed by atoms with Gasteiger partial charge < -0.3 is 10.1 Å². The molecule has 8 heteroatoms. The average molecular weight is 414 g/mol. The minimum atomic E-state index is -0.343. The molecule has 0 atom stereocenters. The first kappa shape index (κ1) is 18.5. The third kappa shape index (κ3) is 3.72. The first-order valence-corrected chi connectivity index (χ1v) is 9.81. The van der Waals surface area contributed by atoms with Crippen LogP contribution in [0.5, 0.6) is 5.75 Å². The highest BCUT2D eigenvalue weighted by molar-refractivity contribution is 7.09. The molecule has 1 aliphatic rings. The van der Waals surface area contributed by atoms with Crippen LogP contribution in [0.4, 0.5) is 11.4 Å². The molecule has 3 aromatic rings. The van der Waals surface area contributed by atoms with Gasteiger partial charge in [0.15, 0.2) is 6.61 Å². The Labute approximate surface area is 170 Å². The van der Waals surface area contributed by atoms with Crippen molar-refractivity contribution in [2.45, 2.75) is 6.92 Å². The topological polar surface area (TPSA) is 71.5 Å². The van der Waals surface area contributed by atoms with Crippen LogP contribution in [0.2, 0.25) is 5.02 Å². The van der Waals surface area contributed by atoms with Gasteiger partial charge >= 0.3 is 0 Å². The average Bonchev–Trinajstić information content (AvgIpc) is 3.12. The quantitative estimate of drug-likeness (QED) is 0.697. The highest BCUT2D eigenvalue weighted by Gasteiger charge is 2.28. The zero-order valence-corrected chi connectivity index (χ0v) is 16.5. The third-order valence-corrected chi connectivity index (χ3v) is 5.37. The molecule has 2 amide bonds. The van der Waals surface area contributed by atoms with E-state index in [4.69, 9.17) is 16.3 Å². The lowest BCUT2D eigenvalue weighted by Crippen LogP contribution is -2.43. The third-order valence-electron chi connectivity index (χ3n) is 4.27. The second-order valence-electron chi connectivity index (χ2n) is 6.23. The Morgan fingerprint density at radius 2 is 2.14 bits per heavy atom. The van der Waals surface area contributed by atoms with Crippen LogP contribution in [-0.2, 0) is 9.59 Å². The van der Waals surface area contributed by atoms with Gasteiger partial charge in [0.25, 0.3) is 5.91 Å². The van der Waals surface area contributed by atoms with Crippen LogP contribution >= 0.6 is 22.9 Å². The summed E-state index contributed by atoms with van der Waals surface area (Å²) in [4.78, 5) is 30.9. The minimum absolute atomic E-state index is 0.110. The molecule has 1 aromatic heterocycles. The fourth-order valence-corrected chi connectivity index (χ4v) is 3.73. The molecule has 28 heavy (non-hydrogen) atoms. The van der Waals surface area contributed by atoms with Crippen LogP contribution in [0, 0.1) is 6.92 Å². The number of nitrogens with one attached hydrogen (secondary N) is 1. The van der Waals surface area contributed by atoms with Crippen molar-refractivity contribution in [3.05, 3.63) is 57.9 Å². The zero-order chi connectivity index (χ0) is 19.7. The summed E-state index contributed by atoms with van der Waals surface area (Å²) in [6, 6.07) is 12.5. The van der Waals surface area contributed by atoms with Gasteiger partial charge in [0.2, 0.25) is 5.91 Å². The van der Waals surface area contributed by atoms with Crippen molar-refractivity contribution in [1.82, 2.24) is 4.98 Å². The van der Waals surface area contributed by atoms with E-state index in [0.717, 1.165) is 16.3 Å². The summed E-state index contributed by atoms with van der Waals surface area (Å²) in [5, 5.41) is 6.09. The molecule has 0 aliphatic carbocycles. The number of carbonyl (C=O) groups excluding carboxylic acids is 2. The smallest absolute Gasteiger partial charge is 0.265 e. The minimum Gasteiger partial charge on any atom is -0.482 e. The molecule has 2 aromatic carbocycles. The summed E-state index contributed by atoms with van der Waals surface area (Å²) < 4.78 is 5.52. The predicted molar refractivity (Wildman–Crippen MR) is 110 cm³/mol. The van der Waals surface area contributed by atoms with Crippen LogP contribution < -0.4 is 15.0 Å². The molecule has 4 rings (SSSR count). The van der Waals surface area contributed by atoms with E-state index in [1.807, 2.05) is 24.4 Å². The number of para-hydroxylation sites is 1. The fraction of sp³-hybridized carbons (Fsp3) is 0.150. The van der Waals surface area contributed by atoms with Gasteiger partial charge in [0.05, 0.1) is 27.1 Å². The van der Waals surface area contributed by atoms with Gasteiger partial charge in [0, 0.05) is 10.9 Å². The molecule has 0 unspecified atom stereocenters. The van der Waals surface area contributed by atoms with Crippen LogP contribution in [0.15, 0.2) is 47.8 Å². The number of hydrogen-bond acceptors (Lipinski definition) is 5. The largest absolute Gasteiger partial charge is 0.482 e. The number of anilines is 2. The maximum Gasteiger partial charge on any atom is 0.265 e. The number of nitrogens with zero attached hydrogens (tertiary/aromatic N) is 2. The second-order valence-corrected chi connectivity index (χ2v) is 7.70. The monoisotopic (exact) mass is 413 g/mol. The van der Waals surface area contributed by atoms with Gasteiger partial charge in [-0.2, -0.15) is 0 Å². The summed E-state index contributed by atoms with van der Waals surface area (Å²) in [6.45, 7) is 1.69. The lowest BCUT2D eigenvalue weighted by molar-refractivity contribution is -0.123. The summed E-state index contributed by atoms with van der Waals surface area (Å²) in [5.74, 6) is -0.0709. The van der Waals surface area contributed by atoms with Gasteiger partial charge in [-0.15, -0.1) is 11.3 Å². The number of fused-ring (bicyclic) bond motifs is 1. The molecule has 2 heterocycles. The highest BCUT2D eigenvalue weighted by atomic mass is 35.5. The van der Waals surface area contributed by atoms with E-state index < -0.39 is 0 Å². The van der Waals surface area contributed by atoms with Gasteiger partial charge in [-0.1, -0.05) is 23.7 Å². The van der Waals surface area contributed by atoms with E-state index in [-0.39, 0.29) is 25.0 Å². The highest BCUT2D eigenvalue weighted by Crippen LogP contribution is 2.36. The number of aryl methyl sites for hydroxylation is 1. The molecule has 6 nitrogen and oxygen atoms in total. The number of ether oxygens (including phenoxy) is 1. The van der Waals surface area contributed by atoms with E-state index in [0.29, 0.717) is 22.1 Å². The lowest BCUT2D eigenvalue weighted by atomic mass is 10.1.